The number of hydrogen-bond acceptors (Lipinski definition) is 2. The fraction of sp³-hybridized carbons (Fsp3) is 0.583. The number of aryl methyl sites for hydroxylation is 1. The van der Waals surface area contributed by atoms with Crippen LogP contribution in [-0.2, 0) is 0 Å². The second-order valence-electron chi connectivity index (χ2n) is 3.81. The number of alkyl halides is 1. The summed E-state index contributed by atoms with van der Waals surface area (Å²) in [7, 11) is 2.09. The molecule has 1 aromatic heterocycles. The molecule has 0 saturated heterocycles. The Bertz CT molecular complexity index is 289. The minimum absolute atomic E-state index is 0.770. The lowest BCUT2D eigenvalue weighted by Gasteiger charge is -2.18. The van der Waals surface area contributed by atoms with Crippen LogP contribution >= 0.6 is 11.6 Å². The normalized spacial score (nSPS) is 10.3. The average Bonchev–Trinajstić information content (AvgIpc) is 2.24. The van der Waals surface area contributed by atoms with E-state index in [0.717, 1.165) is 30.4 Å². The third-order valence-corrected chi connectivity index (χ3v) is 2.66. The Morgan fingerprint density at radius 3 is 2.73 bits per heavy atom. The van der Waals surface area contributed by atoms with E-state index in [1.807, 2.05) is 19.1 Å². The molecule has 0 aliphatic rings. The molecule has 0 radical (unpaired) electrons. The summed E-state index contributed by atoms with van der Waals surface area (Å²) >= 11 is 5.63. The van der Waals surface area contributed by atoms with Crippen molar-refractivity contribution in [2.24, 2.45) is 0 Å². The van der Waals surface area contributed by atoms with E-state index >= 15 is 0 Å². The van der Waals surface area contributed by atoms with Gasteiger partial charge in [0.2, 0.25) is 0 Å². The molecule has 0 spiro atoms. The van der Waals surface area contributed by atoms with Gasteiger partial charge in [0.05, 0.1) is 0 Å². The van der Waals surface area contributed by atoms with E-state index in [0.29, 0.717) is 0 Å². The highest BCUT2D eigenvalue weighted by molar-refractivity contribution is 6.17. The Labute approximate surface area is 97.3 Å². The molecule has 0 bridgehead atoms. The van der Waals surface area contributed by atoms with Gasteiger partial charge in [0.25, 0.3) is 0 Å². The highest BCUT2D eigenvalue weighted by Gasteiger charge is 2.01. The zero-order chi connectivity index (χ0) is 11.1. The molecule has 3 heteroatoms. The lowest BCUT2D eigenvalue weighted by atomic mass is 10.2. The van der Waals surface area contributed by atoms with E-state index < -0.39 is 0 Å². The van der Waals surface area contributed by atoms with Gasteiger partial charge in [0, 0.05) is 25.2 Å². The Hall–Kier alpha value is -0.760. The molecule has 0 amide bonds. The number of rotatable bonds is 6. The Morgan fingerprint density at radius 1 is 1.27 bits per heavy atom. The summed E-state index contributed by atoms with van der Waals surface area (Å²) in [5, 5.41) is 0. The van der Waals surface area contributed by atoms with Crippen LogP contribution in [0.1, 0.15) is 25.0 Å². The van der Waals surface area contributed by atoms with Crippen molar-refractivity contribution >= 4 is 17.4 Å². The minimum Gasteiger partial charge on any atom is -0.360 e. The number of aromatic nitrogens is 1. The van der Waals surface area contributed by atoms with E-state index in [1.165, 1.54) is 12.8 Å². The van der Waals surface area contributed by atoms with Crippen LogP contribution in [0.5, 0.6) is 0 Å². The van der Waals surface area contributed by atoms with E-state index in [2.05, 4.69) is 23.0 Å². The zero-order valence-electron chi connectivity index (χ0n) is 9.54. The van der Waals surface area contributed by atoms with Gasteiger partial charge in [-0.2, -0.15) is 0 Å². The van der Waals surface area contributed by atoms with E-state index in [9.17, 15) is 0 Å². The van der Waals surface area contributed by atoms with Crippen molar-refractivity contribution in [2.75, 3.05) is 24.4 Å². The van der Waals surface area contributed by atoms with Gasteiger partial charge < -0.3 is 4.90 Å². The van der Waals surface area contributed by atoms with Gasteiger partial charge in [-0.15, -0.1) is 11.6 Å². The lowest BCUT2D eigenvalue weighted by Crippen LogP contribution is -2.19. The maximum Gasteiger partial charge on any atom is 0.128 e. The standard InChI is InChI=1S/C12H19ClN2/c1-11-7-6-8-12(14-11)15(2)10-5-3-4-9-13/h6-8H,3-5,9-10H2,1-2H3. The smallest absolute Gasteiger partial charge is 0.128 e. The van der Waals surface area contributed by atoms with Crippen LogP contribution < -0.4 is 4.90 Å². The molecule has 1 aromatic rings. The van der Waals surface area contributed by atoms with Gasteiger partial charge in [-0.25, -0.2) is 4.98 Å². The second-order valence-corrected chi connectivity index (χ2v) is 4.19. The van der Waals surface area contributed by atoms with Crippen molar-refractivity contribution in [2.45, 2.75) is 26.2 Å². The molecule has 0 unspecified atom stereocenters. The van der Waals surface area contributed by atoms with Crippen molar-refractivity contribution < 1.29 is 0 Å². The molecule has 15 heavy (non-hydrogen) atoms. The zero-order valence-corrected chi connectivity index (χ0v) is 10.3. The average molecular weight is 227 g/mol. The summed E-state index contributed by atoms with van der Waals surface area (Å²) in [6, 6.07) is 6.12. The third-order valence-electron chi connectivity index (χ3n) is 2.39. The molecule has 84 valence electrons. The molecule has 2 nitrogen and oxygen atoms in total. The van der Waals surface area contributed by atoms with Gasteiger partial charge in [-0.3, -0.25) is 0 Å². The first-order valence-electron chi connectivity index (χ1n) is 5.45. The number of halogens is 1. The van der Waals surface area contributed by atoms with Gasteiger partial charge in [-0.1, -0.05) is 12.5 Å². The Morgan fingerprint density at radius 2 is 2.07 bits per heavy atom. The van der Waals surface area contributed by atoms with Gasteiger partial charge in [0.1, 0.15) is 5.82 Å². The van der Waals surface area contributed by atoms with Crippen LogP contribution in [0.4, 0.5) is 5.82 Å². The maximum atomic E-state index is 5.63. The molecule has 0 atom stereocenters. The third kappa shape index (κ3) is 4.52. The molecular weight excluding hydrogens is 208 g/mol. The van der Waals surface area contributed by atoms with Crippen molar-refractivity contribution in [3.63, 3.8) is 0 Å². The monoisotopic (exact) mass is 226 g/mol. The highest BCUT2D eigenvalue weighted by atomic mass is 35.5. The minimum atomic E-state index is 0.770. The molecular formula is C12H19ClN2. The number of hydrogen-bond donors (Lipinski definition) is 0. The summed E-state index contributed by atoms with van der Waals surface area (Å²) in [4.78, 5) is 6.67. The summed E-state index contributed by atoms with van der Waals surface area (Å²) in [6.45, 7) is 3.07. The number of unbranched alkanes of at least 4 members (excludes halogenated alkanes) is 2. The van der Waals surface area contributed by atoms with Crippen LogP contribution in [0.15, 0.2) is 18.2 Å². The van der Waals surface area contributed by atoms with Gasteiger partial charge in [0.15, 0.2) is 0 Å². The van der Waals surface area contributed by atoms with Crippen molar-refractivity contribution in [3.8, 4) is 0 Å². The SMILES string of the molecule is Cc1cccc(N(C)CCCCCCl)n1. The lowest BCUT2D eigenvalue weighted by molar-refractivity contribution is 0.703. The first-order valence-corrected chi connectivity index (χ1v) is 5.98. The first kappa shape index (κ1) is 12.3. The Balaban J connectivity index is 2.36. The van der Waals surface area contributed by atoms with E-state index in [1.54, 1.807) is 0 Å². The summed E-state index contributed by atoms with van der Waals surface area (Å²) in [5.74, 6) is 1.83. The Kier molecular flexibility index (Phi) is 5.48. The van der Waals surface area contributed by atoms with E-state index in [4.69, 9.17) is 11.6 Å². The van der Waals surface area contributed by atoms with Crippen molar-refractivity contribution in [3.05, 3.63) is 23.9 Å². The maximum absolute atomic E-state index is 5.63. The fourth-order valence-electron chi connectivity index (χ4n) is 1.48. The predicted molar refractivity (Wildman–Crippen MR) is 66.8 cm³/mol. The van der Waals surface area contributed by atoms with E-state index in [-0.39, 0.29) is 0 Å². The quantitative estimate of drug-likeness (QED) is 0.547. The van der Waals surface area contributed by atoms with Crippen LogP contribution in [0.25, 0.3) is 0 Å². The highest BCUT2D eigenvalue weighted by Crippen LogP contribution is 2.10. The predicted octanol–water partition coefficient (Wildman–Crippen LogP) is 3.24. The number of nitrogens with zero attached hydrogens (tertiary/aromatic N) is 2. The molecule has 0 aromatic carbocycles. The first-order chi connectivity index (χ1) is 7.24. The topological polar surface area (TPSA) is 16.1 Å². The van der Waals surface area contributed by atoms with Crippen LogP contribution in [0.3, 0.4) is 0 Å². The van der Waals surface area contributed by atoms with Gasteiger partial charge in [-0.05, 0) is 31.9 Å². The van der Waals surface area contributed by atoms with Crippen LogP contribution in [0.2, 0.25) is 0 Å². The second kappa shape index (κ2) is 6.67. The van der Waals surface area contributed by atoms with Gasteiger partial charge >= 0.3 is 0 Å². The van der Waals surface area contributed by atoms with Crippen LogP contribution in [0, 0.1) is 6.92 Å². The molecule has 1 rings (SSSR count). The molecule has 0 aliphatic carbocycles. The number of anilines is 1. The van der Waals surface area contributed by atoms with Crippen molar-refractivity contribution in [1.82, 2.24) is 4.98 Å². The molecule has 0 aliphatic heterocycles. The summed E-state index contributed by atoms with van der Waals surface area (Å²) in [6.07, 6.45) is 3.48. The summed E-state index contributed by atoms with van der Waals surface area (Å²) < 4.78 is 0. The molecule has 0 N–H and O–H groups in total. The molecule has 0 saturated carbocycles. The largest absolute Gasteiger partial charge is 0.360 e. The summed E-state index contributed by atoms with van der Waals surface area (Å²) in [5.41, 5.74) is 1.07. The van der Waals surface area contributed by atoms with Crippen molar-refractivity contribution in [1.29, 1.82) is 0 Å². The molecule has 0 fully saturated rings. The van der Waals surface area contributed by atoms with Crippen LogP contribution in [-0.4, -0.2) is 24.5 Å². The number of pyridine rings is 1. The molecule has 1 heterocycles. The fourth-order valence-corrected chi connectivity index (χ4v) is 1.67.